The van der Waals surface area contributed by atoms with Crippen LogP contribution < -0.4 is 0 Å². The van der Waals surface area contributed by atoms with Gasteiger partial charge in [-0.1, -0.05) is 12.1 Å². The second-order valence-electron chi connectivity index (χ2n) is 10.1. The van der Waals surface area contributed by atoms with Crippen molar-refractivity contribution < 1.29 is 13.6 Å². The van der Waals surface area contributed by atoms with Gasteiger partial charge in [0, 0.05) is 41.2 Å². The zero-order chi connectivity index (χ0) is 24.8. The average Bonchev–Trinajstić information content (AvgIpc) is 3.42. The zero-order valence-electron chi connectivity index (χ0n) is 20.1. The number of nitrogens with one attached hydrogen (secondary N) is 1. The first-order valence-electron chi connectivity index (χ1n) is 12.5. The Morgan fingerprint density at radius 1 is 1.00 bits per heavy atom. The summed E-state index contributed by atoms with van der Waals surface area (Å²) in [5, 5.41) is 8.01. The van der Waals surface area contributed by atoms with E-state index in [-0.39, 0.29) is 30.1 Å². The number of hydrogen-bond donors (Lipinski definition) is 1. The van der Waals surface area contributed by atoms with E-state index < -0.39 is 0 Å². The molecule has 3 heterocycles. The highest BCUT2D eigenvalue weighted by Gasteiger charge is 2.41. The number of carbonyl (C=O) groups excluding carboxylic acids is 1. The van der Waals surface area contributed by atoms with Crippen LogP contribution in [0.3, 0.4) is 0 Å². The SMILES string of the molecule is CN1[C@@H]2CC[C@H]1C[C@H](N(Cc1cc(-c3ccc4[nH]ncc4c3)ccc1F)C(=O)c1ccc(F)cc1)C2. The second kappa shape index (κ2) is 9.13. The maximum absolute atomic E-state index is 15.2. The highest BCUT2D eigenvalue weighted by Crippen LogP contribution is 2.37. The van der Waals surface area contributed by atoms with Gasteiger partial charge in [-0.3, -0.25) is 9.89 Å². The maximum atomic E-state index is 15.2. The summed E-state index contributed by atoms with van der Waals surface area (Å²) in [5.74, 6) is -0.909. The summed E-state index contributed by atoms with van der Waals surface area (Å²) in [5.41, 5.74) is 3.67. The van der Waals surface area contributed by atoms with Gasteiger partial charge in [0.15, 0.2) is 0 Å². The van der Waals surface area contributed by atoms with Crippen LogP contribution in [0.15, 0.2) is 66.9 Å². The lowest BCUT2D eigenvalue weighted by atomic mass is 9.94. The van der Waals surface area contributed by atoms with Gasteiger partial charge in [0.25, 0.3) is 5.91 Å². The summed E-state index contributed by atoms with van der Waals surface area (Å²) in [4.78, 5) is 17.9. The molecule has 2 aliphatic heterocycles. The second-order valence-corrected chi connectivity index (χ2v) is 10.1. The molecular formula is C29H28F2N4O. The van der Waals surface area contributed by atoms with Crippen LogP contribution in [0.25, 0.3) is 22.0 Å². The van der Waals surface area contributed by atoms with Crippen LogP contribution in [0, 0.1) is 11.6 Å². The Labute approximate surface area is 208 Å². The number of benzene rings is 3. The van der Waals surface area contributed by atoms with E-state index in [0.717, 1.165) is 47.7 Å². The zero-order valence-corrected chi connectivity index (χ0v) is 20.1. The molecule has 2 bridgehead atoms. The molecule has 0 unspecified atom stereocenters. The molecule has 7 heteroatoms. The third-order valence-corrected chi connectivity index (χ3v) is 8.03. The minimum atomic E-state index is -0.385. The number of halogens is 2. The van der Waals surface area contributed by atoms with Crippen molar-refractivity contribution in [2.45, 2.75) is 50.4 Å². The molecule has 0 aliphatic carbocycles. The summed E-state index contributed by atoms with van der Waals surface area (Å²) in [7, 11) is 2.16. The van der Waals surface area contributed by atoms with Crippen LogP contribution in [0.4, 0.5) is 8.78 Å². The predicted molar refractivity (Wildman–Crippen MR) is 135 cm³/mol. The van der Waals surface area contributed by atoms with E-state index in [1.807, 2.05) is 29.2 Å². The number of H-pyrrole nitrogens is 1. The van der Waals surface area contributed by atoms with Gasteiger partial charge in [0.1, 0.15) is 11.6 Å². The number of rotatable bonds is 5. The van der Waals surface area contributed by atoms with Crippen LogP contribution in [0.5, 0.6) is 0 Å². The lowest BCUT2D eigenvalue weighted by molar-refractivity contribution is 0.0457. The molecule has 2 aliphatic rings. The largest absolute Gasteiger partial charge is 0.331 e. The van der Waals surface area contributed by atoms with Gasteiger partial charge in [-0.2, -0.15) is 5.10 Å². The third-order valence-electron chi connectivity index (χ3n) is 8.03. The number of aromatic amines is 1. The van der Waals surface area contributed by atoms with Gasteiger partial charge in [0.2, 0.25) is 0 Å². The van der Waals surface area contributed by atoms with E-state index in [2.05, 4.69) is 22.1 Å². The Hall–Kier alpha value is -3.58. The van der Waals surface area contributed by atoms with Crippen LogP contribution in [-0.4, -0.2) is 51.1 Å². The van der Waals surface area contributed by atoms with Crippen LogP contribution in [0.1, 0.15) is 41.6 Å². The smallest absolute Gasteiger partial charge is 0.254 e. The van der Waals surface area contributed by atoms with Gasteiger partial charge in [-0.05, 0) is 92.4 Å². The number of carbonyl (C=O) groups is 1. The number of aromatic nitrogens is 2. The van der Waals surface area contributed by atoms with Gasteiger partial charge in [-0.15, -0.1) is 0 Å². The number of nitrogens with zero attached hydrogens (tertiary/aromatic N) is 3. The Morgan fingerprint density at radius 2 is 1.69 bits per heavy atom. The molecule has 0 saturated carbocycles. The molecule has 1 N–H and O–H groups in total. The predicted octanol–water partition coefficient (Wildman–Crippen LogP) is 5.78. The summed E-state index contributed by atoms with van der Waals surface area (Å²) >= 11 is 0. The van der Waals surface area contributed by atoms with E-state index in [1.165, 1.54) is 30.3 Å². The lowest BCUT2D eigenvalue weighted by Crippen LogP contribution is -2.50. The molecule has 0 spiro atoms. The van der Waals surface area contributed by atoms with Crippen molar-refractivity contribution in [3.63, 3.8) is 0 Å². The van der Waals surface area contributed by atoms with E-state index in [0.29, 0.717) is 23.2 Å². The first-order chi connectivity index (χ1) is 17.5. The third kappa shape index (κ3) is 4.17. The topological polar surface area (TPSA) is 52.2 Å². The van der Waals surface area contributed by atoms with Crippen molar-refractivity contribution in [3.8, 4) is 11.1 Å². The first-order valence-corrected chi connectivity index (χ1v) is 12.5. The molecule has 1 amide bonds. The fourth-order valence-corrected chi connectivity index (χ4v) is 5.94. The van der Waals surface area contributed by atoms with Gasteiger partial charge < -0.3 is 9.80 Å². The molecule has 5 nitrogen and oxygen atoms in total. The number of piperidine rings is 1. The highest BCUT2D eigenvalue weighted by atomic mass is 19.1. The molecule has 184 valence electrons. The molecule has 1 aromatic heterocycles. The monoisotopic (exact) mass is 486 g/mol. The van der Waals surface area contributed by atoms with Crippen molar-refractivity contribution in [3.05, 3.63) is 89.6 Å². The summed E-state index contributed by atoms with van der Waals surface area (Å²) in [6.45, 7) is 0.164. The Bertz CT molecular complexity index is 1400. The number of amides is 1. The molecule has 0 radical (unpaired) electrons. The molecule has 4 aromatic rings. The Morgan fingerprint density at radius 3 is 2.44 bits per heavy atom. The lowest BCUT2D eigenvalue weighted by Gasteiger charge is -2.42. The molecule has 2 saturated heterocycles. The fourth-order valence-electron chi connectivity index (χ4n) is 5.94. The van der Waals surface area contributed by atoms with Crippen LogP contribution >= 0.6 is 0 Å². The highest BCUT2D eigenvalue weighted by molar-refractivity contribution is 5.94. The molecule has 2 fully saturated rings. The molecular weight excluding hydrogens is 458 g/mol. The van der Waals surface area contributed by atoms with Crippen molar-refractivity contribution in [2.24, 2.45) is 0 Å². The molecule has 6 rings (SSSR count). The average molecular weight is 487 g/mol. The summed E-state index contributed by atoms with van der Waals surface area (Å²) < 4.78 is 28.7. The van der Waals surface area contributed by atoms with Gasteiger partial charge in [0.05, 0.1) is 11.7 Å². The van der Waals surface area contributed by atoms with E-state index in [4.69, 9.17) is 0 Å². The molecule has 36 heavy (non-hydrogen) atoms. The van der Waals surface area contributed by atoms with E-state index in [9.17, 15) is 9.18 Å². The minimum absolute atomic E-state index is 0.00147. The van der Waals surface area contributed by atoms with Crippen LogP contribution in [0.2, 0.25) is 0 Å². The maximum Gasteiger partial charge on any atom is 0.254 e. The van der Waals surface area contributed by atoms with Crippen LogP contribution in [-0.2, 0) is 6.54 Å². The number of fused-ring (bicyclic) bond motifs is 3. The summed E-state index contributed by atoms with van der Waals surface area (Å²) in [6.07, 6.45) is 5.73. The van der Waals surface area contributed by atoms with Crippen molar-refractivity contribution in [1.29, 1.82) is 0 Å². The molecule has 3 atom stereocenters. The van der Waals surface area contributed by atoms with Gasteiger partial charge >= 0.3 is 0 Å². The summed E-state index contributed by atoms with van der Waals surface area (Å²) in [6, 6.07) is 17.5. The van der Waals surface area contributed by atoms with Crippen molar-refractivity contribution in [2.75, 3.05) is 7.05 Å². The van der Waals surface area contributed by atoms with Crippen molar-refractivity contribution >= 4 is 16.8 Å². The molecule has 3 aromatic carbocycles. The van der Waals surface area contributed by atoms with Crippen molar-refractivity contribution in [1.82, 2.24) is 20.0 Å². The van der Waals surface area contributed by atoms with Gasteiger partial charge in [-0.25, -0.2) is 8.78 Å². The Kier molecular flexibility index (Phi) is 5.80. The minimum Gasteiger partial charge on any atom is -0.331 e. The fraction of sp³-hybridized carbons (Fsp3) is 0.310. The normalized spacial score (nSPS) is 21.7. The standard InChI is InChI=1S/C29H28F2N4O/c1-34-24-8-9-25(34)15-26(14-24)35(29(36)18-2-6-23(30)7-3-18)17-22-13-19(4-10-27(22)31)20-5-11-28-21(12-20)16-32-33-28/h2-7,10-13,16,24-26H,8-9,14-15,17H2,1H3,(H,32,33)/t24-,25+,26-. The van der Waals surface area contributed by atoms with E-state index in [1.54, 1.807) is 12.3 Å². The first kappa shape index (κ1) is 22.9. The Balaban J connectivity index is 1.34. The van der Waals surface area contributed by atoms with E-state index >= 15 is 4.39 Å². The number of hydrogen-bond acceptors (Lipinski definition) is 3. The quantitative estimate of drug-likeness (QED) is 0.389.